The van der Waals surface area contributed by atoms with Gasteiger partial charge in [0.25, 0.3) is 5.91 Å². The number of halogens is 1. The molecule has 1 aromatic rings. The van der Waals surface area contributed by atoms with Crippen LogP contribution in [0.4, 0.5) is 0 Å². The Balaban J connectivity index is 1.73. The molecule has 116 valence electrons. The zero-order valence-corrected chi connectivity index (χ0v) is 14.3. The smallest absolute Gasteiger partial charge is 0.252 e. The molecule has 0 spiro atoms. The summed E-state index contributed by atoms with van der Waals surface area (Å²) < 4.78 is 0.888. The van der Waals surface area contributed by atoms with Crippen molar-refractivity contribution in [1.29, 1.82) is 0 Å². The van der Waals surface area contributed by atoms with Crippen LogP contribution in [0.1, 0.15) is 54.4 Å². The minimum atomic E-state index is -0.00626. The average molecular weight is 353 g/mol. The molecule has 1 aliphatic carbocycles. The van der Waals surface area contributed by atoms with Crippen LogP contribution >= 0.6 is 15.9 Å². The minimum Gasteiger partial charge on any atom is -0.351 e. The highest BCUT2D eigenvalue weighted by molar-refractivity contribution is 9.10. The first-order valence-corrected chi connectivity index (χ1v) is 8.74. The molecule has 0 atom stereocenters. The Bertz CT molecular complexity index is 468. The Kier molecular flexibility index (Phi) is 6.71. The Morgan fingerprint density at radius 3 is 2.62 bits per heavy atom. The lowest BCUT2D eigenvalue weighted by molar-refractivity contribution is 0.0952. The van der Waals surface area contributed by atoms with Crippen LogP contribution in [0, 0.1) is 6.92 Å². The third-order valence-electron chi connectivity index (χ3n) is 4.14. The Hall–Kier alpha value is -0.870. The highest BCUT2D eigenvalue weighted by atomic mass is 79.9. The van der Waals surface area contributed by atoms with Crippen LogP contribution in [0.2, 0.25) is 0 Å². The van der Waals surface area contributed by atoms with Crippen molar-refractivity contribution in [3.63, 3.8) is 0 Å². The first kappa shape index (κ1) is 16.5. The molecule has 1 amide bonds. The van der Waals surface area contributed by atoms with Crippen LogP contribution < -0.4 is 10.6 Å². The van der Waals surface area contributed by atoms with E-state index < -0.39 is 0 Å². The van der Waals surface area contributed by atoms with Gasteiger partial charge >= 0.3 is 0 Å². The fraction of sp³-hybridized carbons (Fsp3) is 0.588. The van der Waals surface area contributed by atoms with Crippen LogP contribution in [-0.2, 0) is 0 Å². The van der Waals surface area contributed by atoms with Crippen LogP contribution in [0.5, 0.6) is 0 Å². The summed E-state index contributed by atoms with van der Waals surface area (Å²) >= 11 is 3.48. The fourth-order valence-electron chi connectivity index (χ4n) is 2.85. The lowest BCUT2D eigenvalue weighted by atomic mass is 10.1. The summed E-state index contributed by atoms with van der Waals surface area (Å²) in [6.45, 7) is 3.52. The summed E-state index contributed by atoms with van der Waals surface area (Å²) in [4.78, 5) is 12.2. The number of hydrogen-bond donors (Lipinski definition) is 2. The standard InChI is InChI=1S/C17H25BrN2O/c1-13-7-6-10-15(16(13)18)17(21)20-12-11-19-14-8-4-2-3-5-9-14/h6-7,10,14,19H,2-5,8-9,11-12H2,1H3,(H,20,21). The lowest BCUT2D eigenvalue weighted by Crippen LogP contribution is -2.37. The van der Waals surface area contributed by atoms with Crippen LogP contribution in [-0.4, -0.2) is 25.0 Å². The second-order valence-electron chi connectivity index (χ2n) is 5.83. The van der Waals surface area contributed by atoms with Crippen molar-refractivity contribution in [1.82, 2.24) is 10.6 Å². The number of hydrogen-bond acceptors (Lipinski definition) is 2. The molecule has 4 heteroatoms. The summed E-state index contributed by atoms with van der Waals surface area (Å²) in [7, 11) is 0. The normalized spacial score (nSPS) is 16.5. The predicted octanol–water partition coefficient (Wildman–Crippen LogP) is 3.80. The first-order chi connectivity index (χ1) is 10.2. The van der Waals surface area contributed by atoms with E-state index in [2.05, 4.69) is 26.6 Å². The van der Waals surface area contributed by atoms with Gasteiger partial charge in [0.1, 0.15) is 0 Å². The van der Waals surface area contributed by atoms with Gasteiger partial charge in [-0.2, -0.15) is 0 Å². The van der Waals surface area contributed by atoms with Gasteiger partial charge in [0.15, 0.2) is 0 Å². The van der Waals surface area contributed by atoms with Crippen LogP contribution in [0.15, 0.2) is 22.7 Å². The van der Waals surface area contributed by atoms with E-state index >= 15 is 0 Å². The van der Waals surface area contributed by atoms with Gasteiger partial charge in [-0.3, -0.25) is 4.79 Å². The van der Waals surface area contributed by atoms with Gasteiger partial charge in [-0.1, -0.05) is 37.8 Å². The number of carbonyl (C=O) groups is 1. The Labute approximate surface area is 136 Å². The molecule has 0 aromatic heterocycles. The number of nitrogens with one attached hydrogen (secondary N) is 2. The summed E-state index contributed by atoms with van der Waals surface area (Å²) in [5.41, 5.74) is 1.80. The highest BCUT2D eigenvalue weighted by Gasteiger charge is 2.12. The molecular weight excluding hydrogens is 328 g/mol. The molecule has 1 fully saturated rings. The maximum Gasteiger partial charge on any atom is 0.252 e. The summed E-state index contributed by atoms with van der Waals surface area (Å²) in [5.74, 6) is -0.00626. The van der Waals surface area contributed by atoms with Crippen molar-refractivity contribution in [2.24, 2.45) is 0 Å². The van der Waals surface area contributed by atoms with E-state index in [9.17, 15) is 4.79 Å². The molecular formula is C17H25BrN2O. The van der Waals surface area contributed by atoms with Crippen molar-refractivity contribution in [3.05, 3.63) is 33.8 Å². The maximum atomic E-state index is 12.2. The van der Waals surface area contributed by atoms with Crippen molar-refractivity contribution in [2.45, 2.75) is 51.5 Å². The zero-order valence-electron chi connectivity index (χ0n) is 12.8. The molecule has 0 radical (unpaired) electrons. The van der Waals surface area contributed by atoms with Gasteiger partial charge in [0.2, 0.25) is 0 Å². The largest absolute Gasteiger partial charge is 0.351 e. The third-order valence-corrected chi connectivity index (χ3v) is 5.19. The second kappa shape index (κ2) is 8.54. The fourth-order valence-corrected chi connectivity index (χ4v) is 3.30. The molecule has 0 bridgehead atoms. The average Bonchev–Trinajstić information content (AvgIpc) is 2.75. The summed E-state index contributed by atoms with van der Waals surface area (Å²) in [5, 5.41) is 6.56. The van der Waals surface area contributed by atoms with E-state index in [1.165, 1.54) is 38.5 Å². The molecule has 1 aromatic carbocycles. The molecule has 21 heavy (non-hydrogen) atoms. The van der Waals surface area contributed by atoms with Crippen molar-refractivity contribution >= 4 is 21.8 Å². The van der Waals surface area contributed by atoms with E-state index in [1.807, 2.05) is 25.1 Å². The predicted molar refractivity (Wildman–Crippen MR) is 90.7 cm³/mol. The van der Waals surface area contributed by atoms with Crippen LogP contribution in [0.25, 0.3) is 0 Å². The highest BCUT2D eigenvalue weighted by Crippen LogP contribution is 2.20. The van der Waals surface area contributed by atoms with Crippen LogP contribution in [0.3, 0.4) is 0 Å². The van der Waals surface area contributed by atoms with Gasteiger partial charge in [-0.05, 0) is 47.3 Å². The van der Waals surface area contributed by atoms with Crippen molar-refractivity contribution < 1.29 is 4.79 Å². The van der Waals surface area contributed by atoms with Crippen molar-refractivity contribution in [2.75, 3.05) is 13.1 Å². The summed E-state index contributed by atoms with van der Waals surface area (Å²) in [6.07, 6.45) is 7.96. The lowest BCUT2D eigenvalue weighted by Gasteiger charge is -2.16. The van der Waals surface area contributed by atoms with E-state index in [1.54, 1.807) is 0 Å². The minimum absolute atomic E-state index is 0.00626. The molecule has 3 nitrogen and oxygen atoms in total. The van der Waals surface area contributed by atoms with E-state index in [0.717, 1.165) is 16.6 Å². The topological polar surface area (TPSA) is 41.1 Å². The van der Waals surface area contributed by atoms with E-state index in [4.69, 9.17) is 0 Å². The molecule has 0 heterocycles. The van der Waals surface area contributed by atoms with Gasteiger partial charge in [0.05, 0.1) is 5.56 Å². The molecule has 1 aliphatic rings. The van der Waals surface area contributed by atoms with E-state index in [-0.39, 0.29) is 5.91 Å². The monoisotopic (exact) mass is 352 g/mol. The van der Waals surface area contributed by atoms with Crippen molar-refractivity contribution in [3.8, 4) is 0 Å². The number of rotatable bonds is 5. The SMILES string of the molecule is Cc1cccc(C(=O)NCCNC2CCCCCC2)c1Br. The first-order valence-electron chi connectivity index (χ1n) is 7.95. The third kappa shape index (κ3) is 5.11. The van der Waals surface area contributed by atoms with Gasteiger partial charge < -0.3 is 10.6 Å². The van der Waals surface area contributed by atoms with E-state index in [0.29, 0.717) is 18.2 Å². The maximum absolute atomic E-state index is 12.2. The van der Waals surface area contributed by atoms with Gasteiger partial charge in [-0.15, -0.1) is 0 Å². The quantitative estimate of drug-likeness (QED) is 0.625. The van der Waals surface area contributed by atoms with Gasteiger partial charge in [-0.25, -0.2) is 0 Å². The second-order valence-corrected chi connectivity index (χ2v) is 6.63. The number of aryl methyl sites for hydroxylation is 1. The molecule has 2 N–H and O–H groups in total. The molecule has 0 unspecified atom stereocenters. The Morgan fingerprint density at radius 1 is 1.19 bits per heavy atom. The molecule has 0 saturated heterocycles. The Morgan fingerprint density at radius 2 is 1.90 bits per heavy atom. The molecule has 2 rings (SSSR count). The molecule has 1 saturated carbocycles. The number of amides is 1. The number of benzene rings is 1. The van der Waals surface area contributed by atoms with Gasteiger partial charge in [0, 0.05) is 23.6 Å². The number of carbonyl (C=O) groups excluding carboxylic acids is 1. The summed E-state index contributed by atoms with van der Waals surface area (Å²) in [6, 6.07) is 6.40. The zero-order chi connectivity index (χ0) is 15.1. The molecule has 0 aliphatic heterocycles.